The Balaban J connectivity index is 1.70. The van der Waals surface area contributed by atoms with Crippen LogP contribution >= 0.6 is 0 Å². The number of nitrogens with zero attached hydrogens (tertiary/aromatic N) is 6. The molecule has 1 fully saturated rings. The Morgan fingerprint density at radius 2 is 2.00 bits per heavy atom. The van der Waals surface area contributed by atoms with Gasteiger partial charge in [-0.25, -0.2) is 19.6 Å². The molecule has 1 aliphatic rings. The van der Waals surface area contributed by atoms with E-state index in [1.807, 2.05) is 30.7 Å². The van der Waals surface area contributed by atoms with Gasteiger partial charge in [0.2, 0.25) is 0 Å². The lowest BCUT2D eigenvalue weighted by molar-refractivity contribution is 0.392. The van der Waals surface area contributed by atoms with Crippen molar-refractivity contribution in [1.29, 1.82) is 0 Å². The van der Waals surface area contributed by atoms with E-state index in [0.717, 1.165) is 47.9 Å². The van der Waals surface area contributed by atoms with Gasteiger partial charge in [-0.15, -0.1) is 0 Å². The molecule has 0 radical (unpaired) electrons. The maximum absolute atomic E-state index is 4.62. The van der Waals surface area contributed by atoms with E-state index in [9.17, 15) is 0 Å². The van der Waals surface area contributed by atoms with Crippen molar-refractivity contribution in [3.05, 3.63) is 42.2 Å². The van der Waals surface area contributed by atoms with Crippen LogP contribution in [0.25, 0.3) is 10.9 Å². The van der Waals surface area contributed by atoms with Crippen molar-refractivity contribution in [3.63, 3.8) is 0 Å². The molecule has 6 nitrogen and oxygen atoms in total. The number of aromatic nitrogens is 5. The number of hydrogen-bond acceptors (Lipinski definition) is 5. The fourth-order valence-corrected chi connectivity index (χ4v) is 3.62. The Morgan fingerprint density at radius 1 is 1.12 bits per heavy atom. The molecule has 0 aliphatic carbocycles. The van der Waals surface area contributed by atoms with Crippen molar-refractivity contribution in [2.24, 2.45) is 0 Å². The minimum Gasteiger partial charge on any atom is -0.351 e. The molecular formula is C18H22N6. The third kappa shape index (κ3) is 2.72. The van der Waals surface area contributed by atoms with Gasteiger partial charge in [0.05, 0.1) is 18.1 Å². The van der Waals surface area contributed by atoms with E-state index in [4.69, 9.17) is 0 Å². The van der Waals surface area contributed by atoms with E-state index in [0.29, 0.717) is 6.04 Å². The van der Waals surface area contributed by atoms with Crippen LogP contribution in [0.2, 0.25) is 0 Å². The van der Waals surface area contributed by atoms with E-state index in [1.54, 1.807) is 6.33 Å². The number of piperidine rings is 1. The van der Waals surface area contributed by atoms with Gasteiger partial charge in [-0.05, 0) is 45.2 Å². The minimum atomic E-state index is 0.386. The molecule has 1 aromatic carbocycles. The van der Waals surface area contributed by atoms with Crippen LogP contribution in [0, 0.1) is 13.8 Å². The van der Waals surface area contributed by atoms with Crippen LogP contribution in [0.5, 0.6) is 0 Å². The van der Waals surface area contributed by atoms with Crippen LogP contribution in [0.15, 0.2) is 30.6 Å². The highest BCUT2D eigenvalue weighted by atomic mass is 15.4. The minimum absolute atomic E-state index is 0.386. The Kier molecular flexibility index (Phi) is 3.88. The SMILES string of the molecule is Cc1nc(C)n(C[C@@H]2CCCCN2c2ncnc3ccccc23)n1. The van der Waals surface area contributed by atoms with Crippen LogP contribution in [-0.4, -0.2) is 37.3 Å². The first kappa shape index (κ1) is 15.1. The lowest BCUT2D eigenvalue weighted by Gasteiger charge is -2.37. The molecular weight excluding hydrogens is 300 g/mol. The van der Waals surface area contributed by atoms with Gasteiger partial charge < -0.3 is 4.90 Å². The van der Waals surface area contributed by atoms with Gasteiger partial charge in [0.1, 0.15) is 23.8 Å². The summed E-state index contributed by atoms with van der Waals surface area (Å²) in [6, 6.07) is 8.62. The molecule has 3 aromatic rings. The molecule has 0 saturated carbocycles. The summed E-state index contributed by atoms with van der Waals surface area (Å²) in [5, 5.41) is 5.66. The second-order valence-corrected chi connectivity index (χ2v) is 6.45. The quantitative estimate of drug-likeness (QED) is 0.742. The predicted octanol–water partition coefficient (Wildman–Crippen LogP) is 2.90. The van der Waals surface area contributed by atoms with Gasteiger partial charge in [0.25, 0.3) is 0 Å². The number of fused-ring (bicyclic) bond motifs is 1. The van der Waals surface area contributed by atoms with Crippen LogP contribution < -0.4 is 4.90 Å². The Labute approximate surface area is 141 Å². The normalized spacial score (nSPS) is 18.2. The van der Waals surface area contributed by atoms with Crippen LogP contribution in [0.3, 0.4) is 0 Å². The summed E-state index contributed by atoms with van der Waals surface area (Å²) in [5.41, 5.74) is 1.000. The largest absolute Gasteiger partial charge is 0.351 e. The molecule has 124 valence electrons. The van der Waals surface area contributed by atoms with E-state index in [1.165, 1.54) is 12.8 Å². The molecule has 0 bridgehead atoms. The highest BCUT2D eigenvalue weighted by Gasteiger charge is 2.26. The molecule has 0 spiro atoms. The number of anilines is 1. The maximum atomic E-state index is 4.62. The highest BCUT2D eigenvalue weighted by molar-refractivity contribution is 5.89. The standard InChI is InChI=1S/C18H22N6/c1-13-21-14(2)24(22-13)11-15-7-5-6-10-23(15)18-16-8-3-4-9-17(16)19-12-20-18/h3-4,8-9,12,15H,5-7,10-11H2,1-2H3/t15-/m0/s1. The Hall–Kier alpha value is -2.50. The predicted molar refractivity (Wildman–Crippen MR) is 94.0 cm³/mol. The fraction of sp³-hybridized carbons (Fsp3) is 0.444. The zero-order chi connectivity index (χ0) is 16.5. The van der Waals surface area contributed by atoms with Gasteiger partial charge in [-0.2, -0.15) is 5.10 Å². The average Bonchev–Trinajstić information content (AvgIpc) is 2.92. The zero-order valence-electron chi connectivity index (χ0n) is 14.2. The lowest BCUT2D eigenvalue weighted by atomic mass is 10.0. The van der Waals surface area contributed by atoms with Crippen LogP contribution in [0.4, 0.5) is 5.82 Å². The van der Waals surface area contributed by atoms with Crippen molar-refractivity contribution in [2.45, 2.75) is 45.7 Å². The summed E-state index contributed by atoms with van der Waals surface area (Å²) in [7, 11) is 0. The number of benzene rings is 1. The number of rotatable bonds is 3. The first-order chi connectivity index (χ1) is 11.7. The topological polar surface area (TPSA) is 59.7 Å². The van der Waals surface area contributed by atoms with Gasteiger partial charge in [0, 0.05) is 11.9 Å². The summed E-state index contributed by atoms with van der Waals surface area (Å²) in [4.78, 5) is 15.9. The second kappa shape index (κ2) is 6.19. The number of aryl methyl sites for hydroxylation is 2. The van der Waals surface area contributed by atoms with E-state index in [2.05, 4.69) is 37.1 Å². The maximum Gasteiger partial charge on any atom is 0.147 e. The van der Waals surface area contributed by atoms with Crippen molar-refractivity contribution < 1.29 is 0 Å². The molecule has 2 aromatic heterocycles. The molecule has 24 heavy (non-hydrogen) atoms. The molecule has 3 heterocycles. The molecule has 1 atom stereocenters. The average molecular weight is 322 g/mol. The van der Waals surface area contributed by atoms with E-state index < -0.39 is 0 Å². The van der Waals surface area contributed by atoms with Gasteiger partial charge in [-0.3, -0.25) is 0 Å². The molecule has 0 unspecified atom stereocenters. The zero-order valence-corrected chi connectivity index (χ0v) is 14.2. The molecule has 4 rings (SSSR count). The summed E-state index contributed by atoms with van der Waals surface area (Å²) in [6.45, 7) is 5.84. The van der Waals surface area contributed by atoms with Gasteiger partial charge >= 0.3 is 0 Å². The van der Waals surface area contributed by atoms with Gasteiger partial charge in [0.15, 0.2) is 0 Å². The highest BCUT2D eigenvalue weighted by Crippen LogP contribution is 2.29. The summed E-state index contributed by atoms with van der Waals surface area (Å²) in [6.07, 6.45) is 5.27. The Morgan fingerprint density at radius 3 is 2.83 bits per heavy atom. The molecule has 1 saturated heterocycles. The number of hydrogen-bond donors (Lipinski definition) is 0. The molecule has 1 aliphatic heterocycles. The Bertz CT molecular complexity index is 850. The van der Waals surface area contributed by atoms with Crippen molar-refractivity contribution in [1.82, 2.24) is 24.7 Å². The van der Waals surface area contributed by atoms with Crippen LogP contribution in [0.1, 0.15) is 30.9 Å². The monoisotopic (exact) mass is 322 g/mol. The molecule has 6 heteroatoms. The number of para-hydroxylation sites is 1. The van der Waals surface area contributed by atoms with E-state index >= 15 is 0 Å². The summed E-state index contributed by atoms with van der Waals surface area (Å²) >= 11 is 0. The second-order valence-electron chi connectivity index (χ2n) is 6.45. The molecule has 0 N–H and O–H groups in total. The van der Waals surface area contributed by atoms with E-state index in [-0.39, 0.29) is 0 Å². The third-order valence-electron chi connectivity index (χ3n) is 4.77. The first-order valence-corrected chi connectivity index (χ1v) is 8.57. The van der Waals surface area contributed by atoms with Crippen LogP contribution in [-0.2, 0) is 6.54 Å². The summed E-state index contributed by atoms with van der Waals surface area (Å²) < 4.78 is 2.03. The first-order valence-electron chi connectivity index (χ1n) is 8.57. The fourth-order valence-electron chi connectivity index (χ4n) is 3.62. The van der Waals surface area contributed by atoms with Crippen molar-refractivity contribution >= 4 is 16.7 Å². The third-order valence-corrected chi connectivity index (χ3v) is 4.77. The van der Waals surface area contributed by atoms with Crippen molar-refractivity contribution in [2.75, 3.05) is 11.4 Å². The van der Waals surface area contributed by atoms with Gasteiger partial charge in [-0.1, -0.05) is 12.1 Å². The summed E-state index contributed by atoms with van der Waals surface area (Å²) in [5.74, 6) is 2.85. The van der Waals surface area contributed by atoms with Crippen molar-refractivity contribution in [3.8, 4) is 0 Å². The molecule has 0 amide bonds. The smallest absolute Gasteiger partial charge is 0.147 e. The lowest BCUT2D eigenvalue weighted by Crippen LogP contribution is -2.43.